The molecule has 1 aliphatic rings. The number of nitrogens with zero attached hydrogens (tertiary/aromatic N) is 2. The molecule has 4 nitrogen and oxygen atoms in total. The van der Waals surface area contributed by atoms with Gasteiger partial charge in [-0.05, 0) is 26.0 Å². The van der Waals surface area contributed by atoms with Crippen LogP contribution in [0.15, 0.2) is 24.0 Å². The van der Waals surface area contributed by atoms with Crippen molar-refractivity contribution in [1.82, 2.24) is 15.3 Å². The number of thiophene rings is 1. The van der Waals surface area contributed by atoms with Gasteiger partial charge in [0.05, 0.1) is 5.39 Å². The summed E-state index contributed by atoms with van der Waals surface area (Å²) in [6.07, 6.45) is 5.01. The van der Waals surface area contributed by atoms with Crippen molar-refractivity contribution in [3.8, 4) is 0 Å². The van der Waals surface area contributed by atoms with E-state index in [0.29, 0.717) is 0 Å². The van der Waals surface area contributed by atoms with Crippen LogP contribution in [0, 0.1) is 6.92 Å². The van der Waals surface area contributed by atoms with E-state index in [9.17, 15) is 0 Å². The second kappa shape index (κ2) is 5.04. The Balaban J connectivity index is 1.79. The zero-order valence-corrected chi connectivity index (χ0v) is 11.2. The zero-order valence-electron chi connectivity index (χ0n) is 10.4. The van der Waals surface area contributed by atoms with Gasteiger partial charge in [-0.1, -0.05) is 11.6 Å². The van der Waals surface area contributed by atoms with E-state index in [1.165, 1.54) is 10.5 Å². The van der Waals surface area contributed by atoms with Gasteiger partial charge in [-0.25, -0.2) is 9.97 Å². The second-order valence-electron chi connectivity index (χ2n) is 4.47. The normalized spacial score (nSPS) is 15.7. The Morgan fingerprint density at radius 3 is 3.22 bits per heavy atom. The van der Waals surface area contributed by atoms with Crippen LogP contribution in [0.1, 0.15) is 11.3 Å². The molecular weight excluding hydrogens is 244 g/mol. The van der Waals surface area contributed by atoms with Gasteiger partial charge in [-0.3, -0.25) is 0 Å². The highest BCUT2D eigenvalue weighted by atomic mass is 32.1. The van der Waals surface area contributed by atoms with Crippen molar-refractivity contribution in [2.24, 2.45) is 0 Å². The molecule has 0 saturated heterocycles. The average Bonchev–Trinajstić information content (AvgIpc) is 2.78. The number of fused-ring (bicyclic) bond motifs is 1. The summed E-state index contributed by atoms with van der Waals surface area (Å²) in [6, 6.07) is 2.15. The lowest BCUT2D eigenvalue weighted by Crippen LogP contribution is -2.23. The van der Waals surface area contributed by atoms with Crippen LogP contribution in [0.3, 0.4) is 0 Å². The molecule has 0 saturated carbocycles. The topological polar surface area (TPSA) is 49.8 Å². The number of hydrogen-bond acceptors (Lipinski definition) is 5. The highest BCUT2D eigenvalue weighted by Crippen LogP contribution is 2.27. The predicted molar refractivity (Wildman–Crippen MR) is 76.2 cm³/mol. The molecule has 5 heteroatoms. The van der Waals surface area contributed by atoms with Crippen LogP contribution in [0.4, 0.5) is 5.82 Å². The Hall–Kier alpha value is -1.46. The van der Waals surface area contributed by atoms with Gasteiger partial charge in [-0.15, -0.1) is 11.3 Å². The molecule has 2 aromatic rings. The van der Waals surface area contributed by atoms with Gasteiger partial charge in [0, 0.05) is 18.0 Å². The fourth-order valence-corrected chi connectivity index (χ4v) is 2.99. The van der Waals surface area contributed by atoms with E-state index in [4.69, 9.17) is 0 Å². The summed E-state index contributed by atoms with van der Waals surface area (Å²) < 4.78 is 0. The average molecular weight is 260 g/mol. The lowest BCUT2D eigenvalue weighted by molar-refractivity contribution is 0.698. The lowest BCUT2D eigenvalue weighted by atomic mass is 10.1. The minimum atomic E-state index is 0.878. The minimum Gasteiger partial charge on any atom is -0.366 e. The molecule has 0 radical (unpaired) electrons. The van der Waals surface area contributed by atoms with Crippen LogP contribution < -0.4 is 10.6 Å². The van der Waals surface area contributed by atoms with Gasteiger partial charge in [0.2, 0.25) is 0 Å². The maximum Gasteiger partial charge on any atom is 0.138 e. The Morgan fingerprint density at radius 2 is 2.39 bits per heavy atom. The number of aromatic nitrogens is 2. The van der Waals surface area contributed by atoms with Crippen molar-refractivity contribution in [2.45, 2.75) is 13.3 Å². The van der Waals surface area contributed by atoms with Crippen molar-refractivity contribution in [3.05, 3.63) is 28.9 Å². The first-order valence-electron chi connectivity index (χ1n) is 6.16. The molecule has 2 aromatic heterocycles. The van der Waals surface area contributed by atoms with Crippen molar-refractivity contribution >= 4 is 27.4 Å². The molecule has 94 valence electrons. The SMILES string of the molecule is Cc1cc2c(NCC3=CCNCC3)ncnc2s1. The van der Waals surface area contributed by atoms with E-state index >= 15 is 0 Å². The Bertz CT molecular complexity index is 588. The molecule has 0 amide bonds. The monoisotopic (exact) mass is 260 g/mol. The fourth-order valence-electron chi connectivity index (χ4n) is 2.14. The first-order valence-corrected chi connectivity index (χ1v) is 6.98. The summed E-state index contributed by atoms with van der Waals surface area (Å²) in [5.74, 6) is 0.948. The Labute approximate surface area is 110 Å². The first-order chi connectivity index (χ1) is 8.83. The van der Waals surface area contributed by atoms with Crippen molar-refractivity contribution < 1.29 is 0 Å². The van der Waals surface area contributed by atoms with E-state index < -0.39 is 0 Å². The summed E-state index contributed by atoms with van der Waals surface area (Å²) in [6.45, 7) is 5.03. The van der Waals surface area contributed by atoms with Gasteiger partial charge in [0.25, 0.3) is 0 Å². The molecule has 0 aromatic carbocycles. The summed E-state index contributed by atoms with van der Waals surface area (Å²) >= 11 is 1.71. The third-order valence-electron chi connectivity index (χ3n) is 3.09. The van der Waals surface area contributed by atoms with Gasteiger partial charge >= 0.3 is 0 Å². The Kier molecular flexibility index (Phi) is 3.25. The molecular formula is C13H16N4S. The highest BCUT2D eigenvalue weighted by Gasteiger charge is 2.08. The van der Waals surface area contributed by atoms with E-state index in [1.807, 2.05) is 0 Å². The van der Waals surface area contributed by atoms with Gasteiger partial charge in [0.15, 0.2) is 0 Å². The number of aryl methyl sites for hydroxylation is 1. The fraction of sp³-hybridized carbons (Fsp3) is 0.385. The van der Waals surface area contributed by atoms with Crippen LogP contribution >= 0.6 is 11.3 Å². The second-order valence-corrected chi connectivity index (χ2v) is 5.70. The zero-order chi connectivity index (χ0) is 12.4. The maximum atomic E-state index is 4.35. The standard InChI is InChI=1S/C13H16N4S/c1-9-6-11-12(16-8-17-13(11)18-9)15-7-10-2-4-14-5-3-10/h2,6,8,14H,3-5,7H2,1H3,(H,15,16,17). The molecule has 18 heavy (non-hydrogen) atoms. The maximum absolute atomic E-state index is 4.35. The first kappa shape index (κ1) is 11.6. The van der Waals surface area contributed by atoms with Crippen molar-refractivity contribution in [3.63, 3.8) is 0 Å². The molecule has 3 rings (SSSR count). The van der Waals surface area contributed by atoms with E-state index in [2.05, 4.69) is 39.7 Å². The minimum absolute atomic E-state index is 0.878. The third kappa shape index (κ3) is 2.37. The number of anilines is 1. The summed E-state index contributed by atoms with van der Waals surface area (Å²) in [5.41, 5.74) is 1.45. The van der Waals surface area contributed by atoms with Crippen molar-refractivity contribution in [2.75, 3.05) is 25.0 Å². The summed E-state index contributed by atoms with van der Waals surface area (Å²) in [7, 11) is 0. The Morgan fingerprint density at radius 1 is 1.44 bits per heavy atom. The van der Waals surface area contributed by atoms with Crippen LogP contribution in [0.25, 0.3) is 10.2 Å². The smallest absolute Gasteiger partial charge is 0.138 e. The number of hydrogen-bond donors (Lipinski definition) is 2. The van der Waals surface area contributed by atoms with Crippen LogP contribution in [-0.4, -0.2) is 29.6 Å². The van der Waals surface area contributed by atoms with Crippen LogP contribution in [0.5, 0.6) is 0 Å². The predicted octanol–water partition coefficient (Wildman–Crippen LogP) is 2.33. The van der Waals surface area contributed by atoms with Gasteiger partial charge < -0.3 is 10.6 Å². The van der Waals surface area contributed by atoms with Crippen molar-refractivity contribution in [1.29, 1.82) is 0 Å². The molecule has 0 atom stereocenters. The van der Waals surface area contributed by atoms with E-state index in [1.54, 1.807) is 17.7 Å². The largest absolute Gasteiger partial charge is 0.366 e. The summed E-state index contributed by atoms with van der Waals surface area (Å²) in [5, 5.41) is 7.88. The quantitative estimate of drug-likeness (QED) is 0.832. The molecule has 2 N–H and O–H groups in total. The molecule has 0 unspecified atom stereocenters. The number of rotatable bonds is 3. The van der Waals surface area contributed by atoms with Gasteiger partial charge in [-0.2, -0.15) is 0 Å². The number of nitrogens with one attached hydrogen (secondary N) is 2. The molecule has 3 heterocycles. The van der Waals surface area contributed by atoms with Gasteiger partial charge in [0.1, 0.15) is 17.0 Å². The molecule has 1 aliphatic heterocycles. The third-order valence-corrected chi connectivity index (χ3v) is 4.05. The van der Waals surface area contributed by atoms with Crippen LogP contribution in [0.2, 0.25) is 0 Å². The summed E-state index contributed by atoms with van der Waals surface area (Å²) in [4.78, 5) is 11.0. The molecule has 0 aliphatic carbocycles. The van der Waals surface area contributed by atoms with Crippen LogP contribution in [-0.2, 0) is 0 Å². The van der Waals surface area contributed by atoms with E-state index in [0.717, 1.165) is 42.1 Å². The lowest BCUT2D eigenvalue weighted by Gasteiger charge is -2.15. The molecule has 0 fully saturated rings. The highest BCUT2D eigenvalue weighted by molar-refractivity contribution is 7.18. The van der Waals surface area contributed by atoms with E-state index in [-0.39, 0.29) is 0 Å². The molecule has 0 bridgehead atoms. The molecule has 0 spiro atoms.